The van der Waals surface area contributed by atoms with E-state index in [-0.39, 0.29) is 41.0 Å². The molecule has 0 aromatic carbocycles. The number of nitrogens with zero attached hydrogens (tertiary/aromatic N) is 5. The van der Waals surface area contributed by atoms with Crippen molar-refractivity contribution in [3.63, 3.8) is 0 Å². The first kappa shape index (κ1) is 13.7. The van der Waals surface area contributed by atoms with Gasteiger partial charge in [0.05, 0.1) is 25.0 Å². The molecule has 0 saturated heterocycles. The highest BCUT2D eigenvalue weighted by molar-refractivity contribution is 5.94. The Morgan fingerprint density at radius 3 is 2.96 bits per heavy atom. The zero-order chi connectivity index (χ0) is 21.5. The van der Waals surface area contributed by atoms with E-state index >= 15 is 0 Å². The Morgan fingerprint density at radius 2 is 2.22 bits per heavy atom. The summed E-state index contributed by atoms with van der Waals surface area (Å²) in [5, 5.41) is 12.1. The molecule has 3 aromatic rings. The fraction of sp³-hybridized carbons (Fsp3) is 0.312. The Labute approximate surface area is 157 Å². The molecular formula is C16H17FN8O2. The van der Waals surface area contributed by atoms with Gasteiger partial charge in [0.15, 0.2) is 23.0 Å². The first-order valence-corrected chi connectivity index (χ1v) is 7.99. The molecular weight excluding hydrogens is 355 g/mol. The van der Waals surface area contributed by atoms with Gasteiger partial charge in [-0.15, -0.1) is 5.10 Å². The third-order valence-corrected chi connectivity index (χ3v) is 3.97. The standard InChI is InChI=1S/C16H17FN8O2/c1-18-10-6-12(23-13-16(27-2)20-4-3-19-13)24-25-11(7-21-14(10)25)15(26)22-9-5-8(9)17/h3-4,6-9,18H,5H2,1-2H3,(H,22,26)(H,19,23,24)/t8-,9+/m0/s1/i1D3. The lowest BCUT2D eigenvalue weighted by Gasteiger charge is -2.11. The van der Waals surface area contributed by atoms with E-state index in [0.717, 1.165) is 0 Å². The molecule has 3 heterocycles. The number of anilines is 3. The highest BCUT2D eigenvalue weighted by atomic mass is 19.1. The number of methoxy groups -OCH3 is 1. The predicted molar refractivity (Wildman–Crippen MR) is 95.2 cm³/mol. The lowest BCUT2D eigenvalue weighted by Crippen LogP contribution is -2.28. The SMILES string of the molecule is [2H]C([2H])([2H])Nc1cc(Nc2nccnc2OC)nn2c(C(=O)N[C@@H]3C[C@@H]3F)cnc12. The summed E-state index contributed by atoms with van der Waals surface area (Å²) in [6.45, 7) is -2.52. The van der Waals surface area contributed by atoms with Crippen LogP contribution in [-0.4, -0.2) is 56.8 Å². The van der Waals surface area contributed by atoms with E-state index in [1.54, 1.807) is 0 Å². The van der Waals surface area contributed by atoms with Crippen molar-refractivity contribution >= 4 is 28.9 Å². The van der Waals surface area contributed by atoms with E-state index in [9.17, 15) is 9.18 Å². The van der Waals surface area contributed by atoms with Crippen molar-refractivity contribution in [1.82, 2.24) is 29.9 Å². The molecule has 140 valence electrons. The molecule has 1 fully saturated rings. The molecule has 0 aliphatic heterocycles. The number of carbonyl (C=O) groups is 1. The quantitative estimate of drug-likeness (QED) is 0.587. The van der Waals surface area contributed by atoms with E-state index in [4.69, 9.17) is 8.85 Å². The number of carbonyl (C=O) groups excluding carboxylic acids is 1. The first-order chi connectivity index (χ1) is 14.2. The van der Waals surface area contributed by atoms with Crippen LogP contribution in [0.3, 0.4) is 0 Å². The van der Waals surface area contributed by atoms with E-state index in [1.807, 2.05) is 0 Å². The van der Waals surface area contributed by atoms with Crippen LogP contribution in [0.15, 0.2) is 24.7 Å². The third kappa shape index (κ3) is 3.18. The minimum Gasteiger partial charge on any atom is -0.478 e. The van der Waals surface area contributed by atoms with Gasteiger partial charge in [-0.1, -0.05) is 0 Å². The van der Waals surface area contributed by atoms with Gasteiger partial charge in [-0.2, -0.15) is 0 Å². The van der Waals surface area contributed by atoms with Crippen molar-refractivity contribution in [1.29, 1.82) is 0 Å². The molecule has 1 amide bonds. The molecule has 0 unspecified atom stereocenters. The Hall–Kier alpha value is -3.50. The number of aromatic nitrogens is 5. The highest BCUT2D eigenvalue weighted by Gasteiger charge is 2.39. The number of fused-ring (bicyclic) bond motifs is 1. The lowest BCUT2D eigenvalue weighted by molar-refractivity contribution is 0.0940. The number of rotatable bonds is 6. The summed E-state index contributed by atoms with van der Waals surface area (Å²) in [5.41, 5.74) is 0.234. The molecule has 0 radical (unpaired) electrons. The number of hydrogen-bond donors (Lipinski definition) is 3. The van der Waals surface area contributed by atoms with Crippen LogP contribution in [0.25, 0.3) is 5.65 Å². The van der Waals surface area contributed by atoms with Crippen molar-refractivity contribution in [2.24, 2.45) is 0 Å². The zero-order valence-electron chi connectivity index (χ0n) is 17.1. The number of amides is 1. The topological polar surface area (TPSA) is 118 Å². The minimum atomic E-state index is -2.52. The average Bonchev–Trinajstić information content (AvgIpc) is 3.19. The average molecular weight is 375 g/mol. The number of hydrogen-bond acceptors (Lipinski definition) is 8. The summed E-state index contributed by atoms with van der Waals surface area (Å²) in [6.07, 6.45) is 3.29. The molecule has 0 spiro atoms. The maximum absolute atomic E-state index is 13.2. The summed E-state index contributed by atoms with van der Waals surface area (Å²) in [7, 11) is 1.42. The Kier molecular flexibility index (Phi) is 3.38. The Bertz CT molecular complexity index is 1110. The number of halogens is 1. The molecule has 3 aromatic heterocycles. The van der Waals surface area contributed by atoms with Gasteiger partial charge in [0.25, 0.3) is 11.8 Å². The van der Waals surface area contributed by atoms with Gasteiger partial charge >= 0.3 is 0 Å². The van der Waals surface area contributed by atoms with Crippen molar-refractivity contribution in [2.75, 3.05) is 24.7 Å². The van der Waals surface area contributed by atoms with E-state index < -0.39 is 25.1 Å². The summed E-state index contributed by atoms with van der Waals surface area (Å²) in [6, 6.07) is 0.858. The molecule has 1 aliphatic rings. The Balaban J connectivity index is 1.75. The molecule has 0 bridgehead atoms. The van der Waals surface area contributed by atoms with Gasteiger partial charge in [-0.05, 0) is 0 Å². The monoisotopic (exact) mass is 375 g/mol. The summed E-state index contributed by atoms with van der Waals surface area (Å²) in [5.74, 6) is -0.00351. The molecule has 4 rings (SSSR count). The summed E-state index contributed by atoms with van der Waals surface area (Å²) in [4.78, 5) is 24.7. The largest absolute Gasteiger partial charge is 0.478 e. The second-order valence-corrected chi connectivity index (χ2v) is 5.82. The van der Waals surface area contributed by atoms with Crippen LogP contribution in [0.5, 0.6) is 5.88 Å². The number of alkyl halides is 1. The van der Waals surface area contributed by atoms with Crippen LogP contribution in [0, 0.1) is 0 Å². The fourth-order valence-electron chi connectivity index (χ4n) is 2.51. The lowest BCUT2D eigenvalue weighted by atomic mass is 10.4. The first-order valence-electron chi connectivity index (χ1n) is 9.49. The van der Waals surface area contributed by atoms with Gasteiger partial charge < -0.3 is 20.7 Å². The zero-order valence-corrected chi connectivity index (χ0v) is 14.1. The second kappa shape index (κ2) is 6.67. The number of nitrogens with one attached hydrogen (secondary N) is 3. The number of imidazole rings is 1. The van der Waals surface area contributed by atoms with Crippen molar-refractivity contribution in [3.05, 3.63) is 30.4 Å². The normalized spacial score (nSPS) is 20.3. The van der Waals surface area contributed by atoms with Crippen molar-refractivity contribution < 1.29 is 18.0 Å². The van der Waals surface area contributed by atoms with E-state index in [1.165, 1.54) is 36.3 Å². The van der Waals surface area contributed by atoms with Gasteiger partial charge in [0.2, 0.25) is 0 Å². The third-order valence-electron chi connectivity index (χ3n) is 3.97. The van der Waals surface area contributed by atoms with Crippen LogP contribution in [0.2, 0.25) is 0 Å². The van der Waals surface area contributed by atoms with Crippen molar-refractivity contribution in [3.8, 4) is 5.88 Å². The molecule has 10 nitrogen and oxygen atoms in total. The minimum absolute atomic E-state index is 0.0208. The molecule has 3 N–H and O–H groups in total. The molecule has 1 saturated carbocycles. The predicted octanol–water partition coefficient (Wildman–Crippen LogP) is 1.15. The van der Waals surface area contributed by atoms with Crippen LogP contribution in [0.4, 0.5) is 21.7 Å². The van der Waals surface area contributed by atoms with Crippen LogP contribution in [-0.2, 0) is 0 Å². The van der Waals surface area contributed by atoms with Gasteiger partial charge in [0, 0.05) is 36.0 Å². The van der Waals surface area contributed by atoms with E-state index in [2.05, 4.69) is 36.0 Å². The van der Waals surface area contributed by atoms with Crippen LogP contribution in [0.1, 0.15) is 21.0 Å². The molecule has 2 atom stereocenters. The van der Waals surface area contributed by atoms with Gasteiger partial charge in [-0.25, -0.2) is 23.9 Å². The highest BCUT2D eigenvalue weighted by Crippen LogP contribution is 2.27. The number of ether oxygens (including phenoxy) is 1. The van der Waals surface area contributed by atoms with Crippen LogP contribution >= 0.6 is 0 Å². The van der Waals surface area contributed by atoms with Crippen LogP contribution < -0.4 is 20.7 Å². The molecule has 11 heteroatoms. The molecule has 1 aliphatic carbocycles. The smallest absolute Gasteiger partial charge is 0.271 e. The fourth-order valence-corrected chi connectivity index (χ4v) is 2.51. The van der Waals surface area contributed by atoms with Crippen molar-refractivity contribution in [2.45, 2.75) is 18.6 Å². The second-order valence-electron chi connectivity index (χ2n) is 5.82. The van der Waals surface area contributed by atoms with Gasteiger partial charge in [-0.3, -0.25) is 4.79 Å². The maximum Gasteiger partial charge on any atom is 0.271 e. The maximum atomic E-state index is 13.2. The summed E-state index contributed by atoms with van der Waals surface area (Å²) >= 11 is 0. The van der Waals surface area contributed by atoms with Gasteiger partial charge in [0.1, 0.15) is 6.17 Å². The summed E-state index contributed by atoms with van der Waals surface area (Å²) < 4.78 is 42.0. The Morgan fingerprint density at radius 1 is 1.41 bits per heavy atom. The van der Waals surface area contributed by atoms with E-state index in [0.29, 0.717) is 0 Å². The molecule has 27 heavy (non-hydrogen) atoms.